The van der Waals surface area contributed by atoms with E-state index < -0.39 is 0 Å². The van der Waals surface area contributed by atoms with Crippen LogP contribution in [-0.2, 0) is 11.3 Å². The number of hydrogen-bond donors (Lipinski definition) is 1. The van der Waals surface area contributed by atoms with Gasteiger partial charge in [0, 0.05) is 30.6 Å². The molecule has 2 atom stereocenters. The Morgan fingerprint density at radius 3 is 2.85 bits per heavy atom. The molecule has 5 heteroatoms. The lowest BCUT2D eigenvalue weighted by Gasteiger charge is -2.44. The summed E-state index contributed by atoms with van der Waals surface area (Å²) in [5, 5.41) is 12.0. The Bertz CT molecular complexity index is 885. The number of carbonyl (C=O) groups is 1. The summed E-state index contributed by atoms with van der Waals surface area (Å²) in [7, 11) is 0. The largest absolute Gasteiger partial charge is 0.492 e. The Kier molecular flexibility index (Phi) is 4.83. The predicted molar refractivity (Wildman–Crippen MR) is 104 cm³/mol. The van der Waals surface area contributed by atoms with E-state index >= 15 is 0 Å². The van der Waals surface area contributed by atoms with Crippen LogP contribution in [0.3, 0.4) is 0 Å². The second-order valence-electron chi connectivity index (χ2n) is 7.34. The van der Waals surface area contributed by atoms with E-state index in [-0.39, 0.29) is 5.91 Å². The maximum absolute atomic E-state index is 11.2. The fourth-order valence-corrected chi connectivity index (χ4v) is 4.25. The third kappa shape index (κ3) is 3.67. The molecule has 2 aliphatic rings. The van der Waals surface area contributed by atoms with Crippen LogP contribution in [0.15, 0.2) is 42.5 Å². The fraction of sp³-hybridized carbons (Fsp3) is 0.364. The lowest BCUT2D eigenvalue weighted by molar-refractivity contribution is -0.114. The summed E-state index contributed by atoms with van der Waals surface area (Å²) in [5.74, 6) is 1.28. The van der Waals surface area contributed by atoms with Gasteiger partial charge in [-0.05, 0) is 55.3 Å². The Hall–Kier alpha value is -2.84. The zero-order valence-corrected chi connectivity index (χ0v) is 15.4. The Morgan fingerprint density at radius 1 is 1.30 bits per heavy atom. The van der Waals surface area contributed by atoms with Crippen LogP contribution in [0.2, 0.25) is 0 Å². The number of anilines is 1. The van der Waals surface area contributed by atoms with E-state index in [0.717, 1.165) is 37.4 Å². The van der Waals surface area contributed by atoms with Crippen LogP contribution < -0.4 is 10.1 Å². The van der Waals surface area contributed by atoms with Crippen LogP contribution in [0.4, 0.5) is 5.69 Å². The number of amides is 1. The molecule has 27 heavy (non-hydrogen) atoms. The van der Waals surface area contributed by atoms with Crippen molar-refractivity contribution in [3.63, 3.8) is 0 Å². The Labute approximate surface area is 159 Å². The van der Waals surface area contributed by atoms with Gasteiger partial charge >= 0.3 is 0 Å². The number of carbonyl (C=O) groups excluding carboxylic acids is 1. The summed E-state index contributed by atoms with van der Waals surface area (Å²) in [5.41, 5.74) is 3.92. The monoisotopic (exact) mass is 361 g/mol. The second-order valence-corrected chi connectivity index (χ2v) is 7.34. The number of likely N-dealkylation sites (tertiary alicyclic amines) is 1. The van der Waals surface area contributed by atoms with Gasteiger partial charge in [0.2, 0.25) is 5.91 Å². The number of piperidine rings is 1. The molecule has 0 radical (unpaired) electrons. The molecule has 2 heterocycles. The number of rotatable bonds is 3. The van der Waals surface area contributed by atoms with E-state index in [1.54, 1.807) is 0 Å². The van der Waals surface area contributed by atoms with Crippen molar-refractivity contribution in [2.45, 2.75) is 38.3 Å². The van der Waals surface area contributed by atoms with Gasteiger partial charge in [-0.2, -0.15) is 5.26 Å². The van der Waals surface area contributed by atoms with Crippen LogP contribution in [0.1, 0.15) is 42.4 Å². The van der Waals surface area contributed by atoms with E-state index in [2.05, 4.69) is 28.4 Å². The number of fused-ring (bicyclic) bond motifs is 3. The molecule has 0 aromatic heterocycles. The summed E-state index contributed by atoms with van der Waals surface area (Å²) in [6.45, 7) is 4.11. The molecule has 0 aliphatic carbocycles. The highest BCUT2D eigenvalue weighted by molar-refractivity contribution is 5.88. The van der Waals surface area contributed by atoms with Gasteiger partial charge in [-0.15, -0.1) is 0 Å². The summed E-state index contributed by atoms with van der Waals surface area (Å²) < 4.78 is 6.02. The molecule has 1 saturated heterocycles. The first-order valence-electron chi connectivity index (χ1n) is 9.41. The van der Waals surface area contributed by atoms with Gasteiger partial charge in [-0.25, -0.2) is 0 Å². The van der Waals surface area contributed by atoms with Crippen molar-refractivity contribution in [2.75, 3.05) is 18.5 Å². The molecule has 0 bridgehead atoms. The van der Waals surface area contributed by atoms with Crippen molar-refractivity contribution < 1.29 is 9.53 Å². The number of nitriles is 1. The highest BCUT2D eigenvalue weighted by Crippen LogP contribution is 2.42. The summed E-state index contributed by atoms with van der Waals surface area (Å²) in [6.07, 6.45) is 2.27. The zero-order valence-electron chi connectivity index (χ0n) is 15.4. The minimum absolute atomic E-state index is 0.0589. The SMILES string of the molecule is CC(=O)Nc1ccc(CN2CCCC3c4cc(C#N)ccc4OCC32)cc1. The maximum Gasteiger partial charge on any atom is 0.221 e. The number of nitrogens with zero attached hydrogens (tertiary/aromatic N) is 2. The van der Waals surface area contributed by atoms with E-state index in [9.17, 15) is 10.1 Å². The zero-order chi connectivity index (χ0) is 18.8. The van der Waals surface area contributed by atoms with Crippen molar-refractivity contribution in [3.05, 3.63) is 59.2 Å². The molecule has 0 spiro atoms. The van der Waals surface area contributed by atoms with E-state index in [0.29, 0.717) is 24.1 Å². The van der Waals surface area contributed by atoms with Crippen molar-refractivity contribution in [2.24, 2.45) is 0 Å². The summed E-state index contributed by atoms with van der Waals surface area (Å²) in [6, 6.07) is 16.4. The first kappa shape index (κ1) is 17.6. The molecule has 2 unspecified atom stereocenters. The molecule has 1 amide bonds. The minimum Gasteiger partial charge on any atom is -0.492 e. The normalized spacial score (nSPS) is 21.3. The maximum atomic E-state index is 11.2. The van der Waals surface area contributed by atoms with Crippen molar-refractivity contribution in [1.29, 1.82) is 5.26 Å². The summed E-state index contributed by atoms with van der Waals surface area (Å²) >= 11 is 0. The lowest BCUT2D eigenvalue weighted by atomic mass is 9.81. The average molecular weight is 361 g/mol. The summed E-state index contributed by atoms with van der Waals surface area (Å²) in [4.78, 5) is 13.7. The molecule has 0 saturated carbocycles. The molecule has 1 N–H and O–H groups in total. The van der Waals surface area contributed by atoms with Gasteiger partial charge in [0.25, 0.3) is 0 Å². The van der Waals surface area contributed by atoms with E-state index in [1.807, 2.05) is 30.3 Å². The Morgan fingerprint density at radius 2 is 2.11 bits per heavy atom. The Balaban J connectivity index is 1.52. The molecule has 5 nitrogen and oxygen atoms in total. The van der Waals surface area contributed by atoms with Gasteiger partial charge in [0.05, 0.1) is 17.7 Å². The minimum atomic E-state index is -0.0589. The fourth-order valence-electron chi connectivity index (χ4n) is 4.25. The van der Waals surface area contributed by atoms with Crippen LogP contribution in [-0.4, -0.2) is 30.0 Å². The van der Waals surface area contributed by atoms with E-state index in [4.69, 9.17) is 4.74 Å². The first-order chi connectivity index (χ1) is 13.1. The lowest BCUT2D eigenvalue weighted by Crippen LogP contribution is -2.48. The van der Waals surface area contributed by atoms with Gasteiger partial charge in [0.15, 0.2) is 0 Å². The van der Waals surface area contributed by atoms with Gasteiger partial charge in [0.1, 0.15) is 12.4 Å². The molecular weight excluding hydrogens is 338 g/mol. The standard InChI is InChI=1S/C22H23N3O2/c1-15(26)24-18-7-4-16(5-8-18)13-25-10-2-3-19-20-11-17(12-23)6-9-22(20)27-14-21(19)25/h4-9,11,19,21H,2-3,10,13-14H2,1H3,(H,24,26). The predicted octanol–water partition coefficient (Wildman–Crippen LogP) is 3.66. The number of benzene rings is 2. The molecule has 4 rings (SSSR count). The number of nitrogens with one attached hydrogen (secondary N) is 1. The smallest absolute Gasteiger partial charge is 0.221 e. The van der Waals surface area contributed by atoms with Gasteiger partial charge in [-0.1, -0.05) is 12.1 Å². The number of hydrogen-bond acceptors (Lipinski definition) is 4. The molecule has 2 aromatic rings. The van der Waals surface area contributed by atoms with Crippen molar-refractivity contribution >= 4 is 11.6 Å². The average Bonchev–Trinajstić information content (AvgIpc) is 2.68. The molecule has 1 fully saturated rings. The van der Waals surface area contributed by atoms with Crippen LogP contribution in [0, 0.1) is 11.3 Å². The molecule has 2 aliphatic heterocycles. The number of ether oxygens (including phenoxy) is 1. The quantitative estimate of drug-likeness (QED) is 0.906. The molecular formula is C22H23N3O2. The first-order valence-corrected chi connectivity index (χ1v) is 9.41. The van der Waals surface area contributed by atoms with Crippen LogP contribution in [0.25, 0.3) is 0 Å². The third-order valence-electron chi connectivity index (χ3n) is 5.50. The van der Waals surface area contributed by atoms with Crippen molar-refractivity contribution in [1.82, 2.24) is 4.90 Å². The topological polar surface area (TPSA) is 65.4 Å². The highest BCUT2D eigenvalue weighted by atomic mass is 16.5. The molecule has 138 valence electrons. The van der Waals surface area contributed by atoms with Gasteiger partial charge < -0.3 is 10.1 Å². The van der Waals surface area contributed by atoms with Crippen LogP contribution in [0.5, 0.6) is 5.75 Å². The molecule has 2 aromatic carbocycles. The van der Waals surface area contributed by atoms with Gasteiger partial charge in [-0.3, -0.25) is 9.69 Å². The van der Waals surface area contributed by atoms with E-state index in [1.165, 1.54) is 18.1 Å². The van der Waals surface area contributed by atoms with Crippen LogP contribution >= 0.6 is 0 Å². The highest BCUT2D eigenvalue weighted by Gasteiger charge is 2.37. The second kappa shape index (κ2) is 7.42. The van der Waals surface area contributed by atoms with Crippen molar-refractivity contribution in [3.8, 4) is 11.8 Å². The third-order valence-corrected chi connectivity index (χ3v) is 5.50.